The second-order valence-corrected chi connectivity index (χ2v) is 15.2. The van der Waals surface area contributed by atoms with Gasteiger partial charge in [0.2, 0.25) is 0 Å². The molecule has 0 aliphatic carbocycles. The Bertz CT molecular complexity index is 618. The van der Waals surface area contributed by atoms with Gasteiger partial charge in [-0.25, -0.2) is 0 Å². The first-order valence-corrected chi connectivity index (χ1v) is 13.0. The van der Waals surface area contributed by atoms with Crippen molar-refractivity contribution in [2.75, 3.05) is 7.05 Å². The highest BCUT2D eigenvalue weighted by Gasteiger charge is 2.46. The summed E-state index contributed by atoms with van der Waals surface area (Å²) in [6.45, 7) is 35.5. The second kappa shape index (κ2) is 10.1. The van der Waals surface area contributed by atoms with Gasteiger partial charge in [-0.3, -0.25) is 0 Å². The molecule has 4 nitrogen and oxygen atoms in total. The minimum atomic E-state index is -0.337. The average Bonchev–Trinajstić information content (AvgIpc) is 2.46. The molecule has 0 aromatic rings. The van der Waals surface area contributed by atoms with Crippen LogP contribution in [0.5, 0.6) is 0 Å². The molecule has 33 heavy (non-hydrogen) atoms. The third-order valence-corrected chi connectivity index (χ3v) is 8.19. The van der Waals surface area contributed by atoms with Gasteiger partial charge in [-0.1, -0.05) is 34.6 Å². The summed E-state index contributed by atoms with van der Waals surface area (Å²) in [6.07, 6.45) is 3.72. The Labute approximate surface area is 208 Å². The minimum Gasteiger partial charge on any atom is -0.370 e. The van der Waals surface area contributed by atoms with E-state index in [2.05, 4.69) is 123 Å². The summed E-state index contributed by atoms with van der Waals surface area (Å²) < 4.78 is 13.6. The van der Waals surface area contributed by atoms with Crippen molar-refractivity contribution in [2.45, 2.75) is 170 Å². The smallest absolute Gasteiger partial charge is 0.0661 e. The maximum atomic E-state index is 6.82. The molecule has 0 amide bonds. The Morgan fingerprint density at radius 2 is 0.848 bits per heavy atom. The van der Waals surface area contributed by atoms with Crippen molar-refractivity contribution in [1.29, 1.82) is 0 Å². The van der Waals surface area contributed by atoms with Crippen molar-refractivity contribution in [3.05, 3.63) is 0 Å². The molecule has 0 aliphatic rings. The fourth-order valence-corrected chi connectivity index (χ4v) is 6.21. The van der Waals surface area contributed by atoms with Crippen LogP contribution in [-0.2, 0) is 9.47 Å². The topological polar surface area (TPSA) is 56.5 Å². The van der Waals surface area contributed by atoms with Gasteiger partial charge in [0, 0.05) is 17.5 Å². The van der Waals surface area contributed by atoms with Crippen LogP contribution in [0.15, 0.2) is 0 Å². The molecule has 0 fully saturated rings. The van der Waals surface area contributed by atoms with Gasteiger partial charge in [-0.15, -0.1) is 0 Å². The van der Waals surface area contributed by atoms with E-state index in [4.69, 9.17) is 15.2 Å². The minimum absolute atomic E-state index is 0.0494. The van der Waals surface area contributed by atoms with E-state index in [-0.39, 0.29) is 44.3 Å². The van der Waals surface area contributed by atoms with Gasteiger partial charge in [0.05, 0.1) is 22.4 Å². The molecular formula is C29H62N2O2. The molecule has 200 valence electrons. The van der Waals surface area contributed by atoms with Crippen LogP contribution in [-0.4, -0.2) is 40.5 Å². The lowest BCUT2D eigenvalue weighted by molar-refractivity contribution is -0.198. The molecule has 0 radical (unpaired) electrons. The van der Waals surface area contributed by atoms with Gasteiger partial charge >= 0.3 is 0 Å². The highest BCUT2D eigenvalue weighted by atomic mass is 16.5. The van der Waals surface area contributed by atoms with Gasteiger partial charge in [0.15, 0.2) is 0 Å². The fourth-order valence-electron chi connectivity index (χ4n) is 6.21. The maximum absolute atomic E-state index is 6.82. The van der Waals surface area contributed by atoms with Crippen LogP contribution in [0, 0.1) is 10.8 Å². The largest absolute Gasteiger partial charge is 0.370 e. The average molecular weight is 471 g/mol. The lowest BCUT2D eigenvalue weighted by Gasteiger charge is -2.50. The third-order valence-electron chi connectivity index (χ3n) is 8.19. The zero-order chi connectivity index (χ0) is 26.9. The monoisotopic (exact) mass is 470 g/mol. The van der Waals surface area contributed by atoms with Gasteiger partial charge in [-0.05, 0) is 113 Å². The molecule has 0 aromatic heterocycles. The fraction of sp³-hybridized carbons (Fsp3) is 1.00. The van der Waals surface area contributed by atoms with Crippen LogP contribution >= 0.6 is 0 Å². The summed E-state index contributed by atoms with van der Waals surface area (Å²) >= 11 is 0. The molecule has 0 saturated heterocycles. The zero-order valence-corrected chi connectivity index (χ0v) is 25.7. The molecule has 0 bridgehead atoms. The molecule has 4 heteroatoms. The van der Waals surface area contributed by atoms with Crippen LogP contribution in [0.3, 0.4) is 0 Å². The Kier molecular flexibility index (Phi) is 10.0. The highest BCUT2D eigenvalue weighted by Crippen LogP contribution is 2.44. The molecule has 0 rings (SSSR count). The Morgan fingerprint density at radius 3 is 1.12 bits per heavy atom. The van der Waals surface area contributed by atoms with E-state index in [1.165, 1.54) is 0 Å². The molecule has 1 atom stereocenters. The number of hydrogen-bond acceptors (Lipinski definition) is 4. The first kappa shape index (κ1) is 32.8. The van der Waals surface area contributed by atoms with Gasteiger partial charge < -0.3 is 20.5 Å². The van der Waals surface area contributed by atoms with Crippen molar-refractivity contribution in [3.63, 3.8) is 0 Å². The van der Waals surface area contributed by atoms with Gasteiger partial charge in [-0.2, -0.15) is 0 Å². The highest BCUT2D eigenvalue weighted by molar-refractivity contribution is 4.99. The maximum Gasteiger partial charge on any atom is 0.0661 e. The van der Waals surface area contributed by atoms with Gasteiger partial charge in [0.25, 0.3) is 0 Å². The van der Waals surface area contributed by atoms with Crippen LogP contribution in [0.4, 0.5) is 0 Å². The molecule has 0 spiro atoms. The van der Waals surface area contributed by atoms with Crippen molar-refractivity contribution in [3.8, 4) is 0 Å². The molecule has 0 aliphatic heterocycles. The normalized spacial score (nSPS) is 17.3. The van der Waals surface area contributed by atoms with E-state index < -0.39 is 0 Å². The van der Waals surface area contributed by atoms with E-state index >= 15 is 0 Å². The molecule has 1 unspecified atom stereocenters. The SMILES string of the molecule is CCC(C)(NC)C(C)(C)CC(C)(C)OC(C)(C)CC(C)(C)OC(C)(C)CC(C)(C)C(C)(C)N. The summed E-state index contributed by atoms with van der Waals surface area (Å²) in [5.74, 6) is 0. The molecule has 0 saturated carbocycles. The standard InChI is InChI=1S/C29H62N2O2/c1-18-29(16,31-17)23(4,5)20-25(8,9)33-27(12,13)21-26(10,11)32-24(6,7)19-22(2,3)28(14,15)30/h31H,18-21,30H2,1-17H3. The van der Waals surface area contributed by atoms with Crippen LogP contribution in [0.1, 0.15) is 136 Å². The Morgan fingerprint density at radius 1 is 0.545 bits per heavy atom. The van der Waals surface area contributed by atoms with Crippen LogP contribution in [0.25, 0.3) is 0 Å². The number of nitrogens with two attached hydrogens (primary N) is 1. The van der Waals surface area contributed by atoms with Crippen molar-refractivity contribution >= 4 is 0 Å². The van der Waals surface area contributed by atoms with Gasteiger partial charge in [0.1, 0.15) is 0 Å². The first-order chi connectivity index (χ1) is 14.2. The molecule has 3 N–H and O–H groups in total. The lowest BCUT2D eigenvalue weighted by Crippen LogP contribution is -2.55. The molecular weight excluding hydrogens is 408 g/mol. The predicted molar refractivity (Wildman–Crippen MR) is 146 cm³/mol. The summed E-state index contributed by atoms with van der Waals surface area (Å²) in [7, 11) is 2.07. The second-order valence-electron chi connectivity index (χ2n) is 15.2. The predicted octanol–water partition coefficient (Wildman–Crippen LogP) is 7.48. The van der Waals surface area contributed by atoms with E-state index in [1.54, 1.807) is 0 Å². The summed E-state index contributed by atoms with van der Waals surface area (Å²) in [6, 6.07) is 0. The lowest BCUT2D eigenvalue weighted by atomic mass is 9.66. The van der Waals surface area contributed by atoms with E-state index in [1.807, 2.05) is 0 Å². The Balaban J connectivity index is 5.45. The Hall–Kier alpha value is -0.160. The summed E-state index contributed by atoms with van der Waals surface area (Å²) in [5.41, 5.74) is 5.04. The number of rotatable bonds is 14. The van der Waals surface area contributed by atoms with Crippen molar-refractivity contribution in [2.24, 2.45) is 16.6 Å². The third kappa shape index (κ3) is 9.78. The zero-order valence-electron chi connectivity index (χ0n) is 25.7. The summed E-state index contributed by atoms with van der Waals surface area (Å²) in [5, 5.41) is 3.56. The first-order valence-electron chi connectivity index (χ1n) is 13.0. The number of ether oxygens (including phenoxy) is 2. The molecule has 0 aromatic carbocycles. The molecule has 0 heterocycles. The van der Waals surface area contributed by atoms with E-state index in [0.29, 0.717) is 0 Å². The van der Waals surface area contributed by atoms with Crippen molar-refractivity contribution in [1.82, 2.24) is 5.32 Å². The van der Waals surface area contributed by atoms with E-state index in [0.717, 1.165) is 25.7 Å². The number of hydrogen-bond donors (Lipinski definition) is 2. The van der Waals surface area contributed by atoms with Crippen LogP contribution in [0.2, 0.25) is 0 Å². The summed E-state index contributed by atoms with van der Waals surface area (Å²) in [4.78, 5) is 0. The van der Waals surface area contributed by atoms with Crippen LogP contribution < -0.4 is 11.1 Å². The van der Waals surface area contributed by atoms with Crippen molar-refractivity contribution < 1.29 is 9.47 Å². The van der Waals surface area contributed by atoms with E-state index in [9.17, 15) is 0 Å². The quantitative estimate of drug-likeness (QED) is 0.276. The number of nitrogens with one attached hydrogen (secondary N) is 1.